The molecule has 152 valence electrons. The lowest BCUT2D eigenvalue weighted by molar-refractivity contribution is -0.148. The Morgan fingerprint density at radius 3 is 2.75 bits per heavy atom. The van der Waals surface area contributed by atoms with Crippen LogP contribution in [-0.2, 0) is 20.7 Å². The molecule has 0 radical (unpaired) electrons. The summed E-state index contributed by atoms with van der Waals surface area (Å²) < 4.78 is 6.99. The summed E-state index contributed by atoms with van der Waals surface area (Å²) in [6.07, 6.45) is 5.23. The Morgan fingerprint density at radius 2 is 2.00 bits per heavy atom. The van der Waals surface area contributed by atoms with Crippen LogP contribution in [0.4, 0.5) is 0 Å². The second-order valence-electron chi connectivity index (χ2n) is 7.91. The fourth-order valence-corrected chi connectivity index (χ4v) is 4.03. The maximum Gasteiger partial charge on any atom is 0.306 e. The van der Waals surface area contributed by atoms with Gasteiger partial charge in [-0.1, -0.05) is 19.8 Å². The first-order valence-corrected chi connectivity index (χ1v) is 10.1. The van der Waals surface area contributed by atoms with E-state index in [0.29, 0.717) is 12.3 Å². The van der Waals surface area contributed by atoms with E-state index in [0.717, 1.165) is 47.6 Å². The largest absolute Gasteiger partial charge is 0.456 e. The van der Waals surface area contributed by atoms with Gasteiger partial charge in [0.15, 0.2) is 12.3 Å². The van der Waals surface area contributed by atoms with E-state index in [-0.39, 0.29) is 30.9 Å². The first kappa shape index (κ1) is 20.3. The SMILES string of the molecule is Cc1cc2nc(C)c(CCC(=O)OCC(=O)N[C@@H]3CCCC[C@H]3C)c(C)n2n1. The second-order valence-corrected chi connectivity index (χ2v) is 7.91. The van der Waals surface area contributed by atoms with Gasteiger partial charge in [-0.2, -0.15) is 5.10 Å². The molecule has 28 heavy (non-hydrogen) atoms. The maximum absolute atomic E-state index is 12.1. The van der Waals surface area contributed by atoms with Gasteiger partial charge in [0.1, 0.15) is 0 Å². The van der Waals surface area contributed by atoms with Crippen molar-refractivity contribution >= 4 is 17.5 Å². The van der Waals surface area contributed by atoms with Crippen LogP contribution in [0.5, 0.6) is 0 Å². The minimum Gasteiger partial charge on any atom is -0.456 e. The lowest BCUT2D eigenvalue weighted by Gasteiger charge is -2.29. The van der Waals surface area contributed by atoms with E-state index in [2.05, 4.69) is 22.3 Å². The van der Waals surface area contributed by atoms with Crippen LogP contribution >= 0.6 is 0 Å². The molecule has 7 nitrogen and oxygen atoms in total. The molecule has 7 heteroatoms. The Bertz CT molecular complexity index is 874. The molecule has 2 aromatic rings. The van der Waals surface area contributed by atoms with Gasteiger partial charge < -0.3 is 10.1 Å². The minimum absolute atomic E-state index is 0.195. The molecule has 0 saturated heterocycles. The van der Waals surface area contributed by atoms with Gasteiger partial charge in [-0.25, -0.2) is 9.50 Å². The lowest BCUT2D eigenvalue weighted by Crippen LogP contribution is -2.42. The molecule has 0 aliphatic heterocycles. The first-order valence-electron chi connectivity index (χ1n) is 10.1. The van der Waals surface area contributed by atoms with E-state index in [9.17, 15) is 9.59 Å². The van der Waals surface area contributed by atoms with Crippen molar-refractivity contribution in [2.45, 2.75) is 72.3 Å². The highest BCUT2D eigenvalue weighted by Gasteiger charge is 2.23. The average Bonchev–Trinajstić information content (AvgIpc) is 3.02. The van der Waals surface area contributed by atoms with Crippen LogP contribution in [0.2, 0.25) is 0 Å². The fourth-order valence-electron chi connectivity index (χ4n) is 4.03. The highest BCUT2D eigenvalue weighted by molar-refractivity contribution is 5.80. The highest BCUT2D eigenvalue weighted by Crippen LogP contribution is 2.23. The third-order valence-electron chi connectivity index (χ3n) is 5.69. The molecule has 1 amide bonds. The molecule has 3 rings (SSSR count). The summed E-state index contributed by atoms with van der Waals surface area (Å²) in [5, 5.41) is 7.45. The summed E-state index contributed by atoms with van der Waals surface area (Å²) in [5.74, 6) is -0.107. The Balaban J connectivity index is 1.50. The number of carbonyl (C=O) groups excluding carboxylic acids is 2. The molecule has 1 N–H and O–H groups in total. The number of aryl methyl sites for hydroxylation is 3. The van der Waals surface area contributed by atoms with E-state index in [1.54, 1.807) is 0 Å². The van der Waals surface area contributed by atoms with Crippen molar-refractivity contribution in [3.8, 4) is 0 Å². The van der Waals surface area contributed by atoms with Crippen LogP contribution in [0, 0.1) is 26.7 Å². The summed E-state index contributed by atoms with van der Waals surface area (Å²) in [5.41, 5.74) is 4.58. The van der Waals surface area contributed by atoms with Crippen LogP contribution in [0.1, 0.15) is 61.7 Å². The fraction of sp³-hybridized carbons (Fsp3) is 0.619. The molecule has 2 atom stereocenters. The van der Waals surface area contributed by atoms with Gasteiger partial charge in [0.2, 0.25) is 0 Å². The van der Waals surface area contributed by atoms with Crippen LogP contribution in [-0.4, -0.2) is 39.1 Å². The van der Waals surface area contributed by atoms with Gasteiger partial charge in [-0.15, -0.1) is 0 Å². The van der Waals surface area contributed by atoms with Crippen molar-refractivity contribution in [2.24, 2.45) is 5.92 Å². The third kappa shape index (κ3) is 4.69. The Morgan fingerprint density at radius 1 is 1.25 bits per heavy atom. The number of aromatic nitrogens is 3. The summed E-state index contributed by atoms with van der Waals surface area (Å²) in [6.45, 7) is 7.80. The molecule has 2 heterocycles. The molecule has 1 aliphatic carbocycles. The molecular formula is C21H30N4O3. The summed E-state index contributed by atoms with van der Waals surface area (Å²) >= 11 is 0. The lowest BCUT2D eigenvalue weighted by atomic mass is 9.86. The second kappa shape index (κ2) is 8.71. The number of nitrogens with one attached hydrogen (secondary N) is 1. The predicted molar refractivity (Wildman–Crippen MR) is 106 cm³/mol. The third-order valence-corrected chi connectivity index (χ3v) is 5.69. The number of rotatable bonds is 6. The smallest absolute Gasteiger partial charge is 0.306 e. The summed E-state index contributed by atoms with van der Waals surface area (Å²) in [4.78, 5) is 28.8. The zero-order valence-corrected chi connectivity index (χ0v) is 17.2. The zero-order chi connectivity index (χ0) is 20.3. The van der Waals surface area contributed by atoms with Crippen molar-refractivity contribution in [3.05, 3.63) is 28.7 Å². The van der Waals surface area contributed by atoms with Gasteiger partial charge in [0.25, 0.3) is 5.91 Å². The number of ether oxygens (including phenoxy) is 1. The topological polar surface area (TPSA) is 85.6 Å². The van der Waals surface area contributed by atoms with Gasteiger partial charge in [-0.3, -0.25) is 9.59 Å². The van der Waals surface area contributed by atoms with Crippen molar-refractivity contribution in [1.29, 1.82) is 0 Å². The molecule has 1 saturated carbocycles. The molecule has 0 aromatic carbocycles. The Labute approximate surface area is 165 Å². The molecule has 0 spiro atoms. The van der Waals surface area contributed by atoms with Crippen molar-refractivity contribution in [2.75, 3.05) is 6.61 Å². The van der Waals surface area contributed by atoms with Gasteiger partial charge in [0.05, 0.1) is 5.69 Å². The quantitative estimate of drug-likeness (QED) is 0.772. The number of carbonyl (C=O) groups is 2. The van der Waals surface area contributed by atoms with E-state index in [1.807, 2.05) is 31.4 Å². The Hall–Kier alpha value is -2.44. The molecule has 0 bridgehead atoms. The maximum atomic E-state index is 12.1. The highest BCUT2D eigenvalue weighted by atomic mass is 16.5. The number of nitrogens with zero attached hydrogens (tertiary/aromatic N) is 3. The van der Waals surface area contributed by atoms with Crippen LogP contribution in [0.3, 0.4) is 0 Å². The predicted octanol–water partition coefficient (Wildman–Crippen LogP) is 2.83. The number of hydrogen-bond donors (Lipinski definition) is 1. The van der Waals surface area contributed by atoms with Crippen LogP contribution < -0.4 is 5.32 Å². The number of amides is 1. The molecule has 2 aromatic heterocycles. The normalized spacial score (nSPS) is 19.6. The molecule has 1 fully saturated rings. The van der Waals surface area contributed by atoms with Crippen LogP contribution in [0.15, 0.2) is 6.07 Å². The van der Waals surface area contributed by atoms with Crippen molar-refractivity contribution in [3.63, 3.8) is 0 Å². The van der Waals surface area contributed by atoms with E-state index in [4.69, 9.17) is 4.74 Å². The standard InChI is InChI=1S/C21H30N4O3/c1-13-7-5-6-8-18(13)23-20(26)12-28-21(27)10-9-17-15(3)22-19-11-14(2)24-25(19)16(17)4/h11,13,18H,5-10,12H2,1-4H3,(H,23,26)/t13-,18-/m1/s1. The van der Waals surface area contributed by atoms with E-state index in [1.165, 1.54) is 6.42 Å². The average molecular weight is 386 g/mol. The van der Waals surface area contributed by atoms with Crippen molar-refractivity contribution < 1.29 is 14.3 Å². The minimum atomic E-state index is -0.373. The van der Waals surface area contributed by atoms with Gasteiger partial charge in [0, 0.05) is 29.9 Å². The number of fused-ring (bicyclic) bond motifs is 1. The van der Waals surface area contributed by atoms with Crippen LogP contribution in [0.25, 0.3) is 5.65 Å². The summed E-state index contributed by atoms with van der Waals surface area (Å²) in [6, 6.07) is 2.13. The number of esters is 1. The Kier molecular flexibility index (Phi) is 6.31. The van der Waals surface area contributed by atoms with Gasteiger partial charge in [-0.05, 0) is 51.5 Å². The summed E-state index contributed by atoms with van der Waals surface area (Å²) in [7, 11) is 0. The number of hydrogen-bond acceptors (Lipinski definition) is 5. The van der Waals surface area contributed by atoms with Gasteiger partial charge >= 0.3 is 5.97 Å². The zero-order valence-electron chi connectivity index (χ0n) is 17.2. The first-order chi connectivity index (χ1) is 13.3. The van der Waals surface area contributed by atoms with E-state index >= 15 is 0 Å². The molecule has 0 unspecified atom stereocenters. The van der Waals surface area contributed by atoms with Crippen molar-refractivity contribution in [1.82, 2.24) is 19.9 Å². The van der Waals surface area contributed by atoms with E-state index < -0.39 is 0 Å². The molecule has 1 aliphatic rings. The monoisotopic (exact) mass is 386 g/mol. The molecular weight excluding hydrogens is 356 g/mol.